The van der Waals surface area contributed by atoms with Gasteiger partial charge < -0.3 is 4.98 Å². The van der Waals surface area contributed by atoms with Gasteiger partial charge in [-0.05, 0) is 37.5 Å². The van der Waals surface area contributed by atoms with Crippen LogP contribution in [0.15, 0.2) is 59.4 Å². The highest BCUT2D eigenvalue weighted by atomic mass is 16.1. The second-order valence-electron chi connectivity index (χ2n) is 6.67. The van der Waals surface area contributed by atoms with Crippen molar-refractivity contribution < 1.29 is 0 Å². The Kier molecular flexibility index (Phi) is 3.98. The van der Waals surface area contributed by atoms with Gasteiger partial charge in [0.1, 0.15) is 0 Å². The van der Waals surface area contributed by atoms with Crippen LogP contribution in [0, 0.1) is 0 Å². The zero-order valence-corrected chi connectivity index (χ0v) is 14.0. The fourth-order valence-electron chi connectivity index (χ4n) is 3.91. The molecule has 4 rings (SSSR count). The smallest absolute Gasteiger partial charge is 0.306 e. The zero-order chi connectivity index (χ0) is 16.5. The summed E-state index contributed by atoms with van der Waals surface area (Å²) in [7, 11) is 0. The van der Waals surface area contributed by atoms with Gasteiger partial charge in [-0.25, -0.2) is 4.79 Å². The minimum absolute atomic E-state index is 0.0192. The number of aromatic nitrogens is 2. The molecule has 1 saturated heterocycles. The predicted octanol–water partition coefficient (Wildman–Crippen LogP) is 3.73. The summed E-state index contributed by atoms with van der Waals surface area (Å²) in [6.07, 6.45) is 2.03. The highest BCUT2D eigenvalue weighted by Crippen LogP contribution is 2.29. The molecule has 1 N–H and O–H groups in total. The number of H-pyrrole nitrogens is 1. The van der Waals surface area contributed by atoms with Gasteiger partial charge in [0.05, 0.1) is 11.0 Å². The second-order valence-corrected chi connectivity index (χ2v) is 6.67. The molecule has 1 unspecified atom stereocenters. The van der Waals surface area contributed by atoms with E-state index in [0.717, 1.165) is 37.0 Å². The van der Waals surface area contributed by atoms with Gasteiger partial charge >= 0.3 is 5.69 Å². The van der Waals surface area contributed by atoms with Crippen molar-refractivity contribution in [1.82, 2.24) is 14.5 Å². The summed E-state index contributed by atoms with van der Waals surface area (Å²) in [5.74, 6) is 0. The number of fused-ring (bicyclic) bond motifs is 1. The maximum absolute atomic E-state index is 12.4. The quantitative estimate of drug-likeness (QED) is 0.798. The van der Waals surface area contributed by atoms with Gasteiger partial charge in [-0.2, -0.15) is 0 Å². The van der Waals surface area contributed by atoms with Crippen molar-refractivity contribution in [3.05, 3.63) is 70.6 Å². The number of aromatic amines is 1. The lowest BCUT2D eigenvalue weighted by Gasteiger charge is -2.36. The molecular formula is C20H23N3O. The first-order valence-electron chi connectivity index (χ1n) is 8.72. The number of hydrogen-bond donors (Lipinski definition) is 1. The molecule has 1 aromatic heterocycles. The van der Waals surface area contributed by atoms with Crippen LogP contribution in [-0.2, 0) is 0 Å². The molecule has 0 bridgehead atoms. The molecule has 24 heavy (non-hydrogen) atoms. The molecule has 1 aliphatic heterocycles. The van der Waals surface area contributed by atoms with E-state index in [4.69, 9.17) is 0 Å². The first-order chi connectivity index (χ1) is 11.7. The predicted molar refractivity (Wildman–Crippen MR) is 97.3 cm³/mol. The number of nitrogens with zero attached hydrogens (tertiary/aromatic N) is 2. The Morgan fingerprint density at radius 2 is 1.67 bits per heavy atom. The third kappa shape index (κ3) is 2.67. The number of nitrogens with one attached hydrogen (secondary N) is 1. The average molecular weight is 321 g/mol. The molecule has 0 saturated carbocycles. The summed E-state index contributed by atoms with van der Waals surface area (Å²) in [4.78, 5) is 17.9. The molecular weight excluding hydrogens is 298 g/mol. The van der Waals surface area contributed by atoms with E-state index in [-0.39, 0.29) is 11.7 Å². The lowest BCUT2D eigenvalue weighted by atomic mass is 10.00. The highest BCUT2D eigenvalue weighted by molar-refractivity contribution is 5.75. The van der Waals surface area contributed by atoms with E-state index in [9.17, 15) is 4.79 Å². The third-order valence-electron chi connectivity index (χ3n) is 5.32. The lowest BCUT2D eigenvalue weighted by Crippen LogP contribution is -2.38. The maximum Gasteiger partial charge on any atom is 0.326 e. The van der Waals surface area contributed by atoms with Gasteiger partial charge in [0.15, 0.2) is 0 Å². The van der Waals surface area contributed by atoms with Gasteiger partial charge in [-0.3, -0.25) is 9.47 Å². The molecule has 2 heterocycles. The fourth-order valence-corrected chi connectivity index (χ4v) is 3.91. The van der Waals surface area contributed by atoms with Crippen LogP contribution in [0.3, 0.4) is 0 Å². The van der Waals surface area contributed by atoms with Crippen LogP contribution in [0.1, 0.15) is 37.4 Å². The maximum atomic E-state index is 12.4. The standard InChI is InChI=1S/C20H23N3O/c1-15(16-7-3-2-4-8-16)22-13-11-17(12-14-22)23-19-10-6-5-9-18(19)21-20(23)24/h2-10,15,17H,11-14H2,1H3,(H,21,24). The summed E-state index contributed by atoms with van der Waals surface area (Å²) >= 11 is 0. The zero-order valence-electron chi connectivity index (χ0n) is 14.0. The first-order valence-corrected chi connectivity index (χ1v) is 8.72. The van der Waals surface area contributed by atoms with E-state index < -0.39 is 0 Å². The van der Waals surface area contributed by atoms with Crippen molar-refractivity contribution >= 4 is 11.0 Å². The number of hydrogen-bond acceptors (Lipinski definition) is 2. The lowest BCUT2D eigenvalue weighted by molar-refractivity contribution is 0.144. The van der Waals surface area contributed by atoms with Gasteiger partial charge in [-0.1, -0.05) is 42.5 Å². The Morgan fingerprint density at radius 1 is 1.00 bits per heavy atom. The minimum atomic E-state index is 0.0192. The van der Waals surface area contributed by atoms with Crippen LogP contribution < -0.4 is 5.69 Å². The van der Waals surface area contributed by atoms with Crippen LogP contribution in [0.2, 0.25) is 0 Å². The van der Waals surface area contributed by atoms with Crippen LogP contribution in [-0.4, -0.2) is 27.5 Å². The third-order valence-corrected chi connectivity index (χ3v) is 5.32. The monoisotopic (exact) mass is 321 g/mol. The molecule has 0 amide bonds. The number of benzene rings is 2. The summed E-state index contributed by atoms with van der Waals surface area (Å²) in [5, 5.41) is 0. The minimum Gasteiger partial charge on any atom is -0.306 e. The number of piperidine rings is 1. The molecule has 4 heteroatoms. The topological polar surface area (TPSA) is 41.0 Å². The number of rotatable bonds is 3. The van der Waals surface area contributed by atoms with Gasteiger partial charge in [0, 0.05) is 25.2 Å². The Labute approximate surface area is 141 Å². The van der Waals surface area contributed by atoms with Crippen LogP contribution in [0.4, 0.5) is 0 Å². The summed E-state index contributed by atoms with van der Waals surface area (Å²) in [6, 6.07) is 19.3. The number of para-hydroxylation sites is 2. The summed E-state index contributed by atoms with van der Waals surface area (Å²) < 4.78 is 1.96. The van der Waals surface area contributed by atoms with Crippen LogP contribution >= 0.6 is 0 Å². The largest absolute Gasteiger partial charge is 0.326 e. The molecule has 1 atom stereocenters. The first kappa shape index (κ1) is 15.2. The molecule has 0 radical (unpaired) electrons. The average Bonchev–Trinajstić information content (AvgIpc) is 2.98. The van der Waals surface area contributed by atoms with Crippen LogP contribution in [0.5, 0.6) is 0 Å². The van der Waals surface area contributed by atoms with Gasteiger partial charge in [-0.15, -0.1) is 0 Å². The molecule has 124 valence electrons. The second kappa shape index (κ2) is 6.29. The molecule has 0 spiro atoms. The molecule has 0 aliphatic carbocycles. The van der Waals surface area contributed by atoms with Crippen molar-refractivity contribution in [2.45, 2.75) is 31.8 Å². The van der Waals surface area contributed by atoms with Crippen LogP contribution in [0.25, 0.3) is 11.0 Å². The Morgan fingerprint density at radius 3 is 2.42 bits per heavy atom. The van der Waals surface area contributed by atoms with E-state index in [0.29, 0.717) is 6.04 Å². The van der Waals surface area contributed by atoms with Gasteiger partial charge in [0.2, 0.25) is 0 Å². The van der Waals surface area contributed by atoms with E-state index in [1.807, 2.05) is 28.8 Å². The van der Waals surface area contributed by atoms with Gasteiger partial charge in [0.25, 0.3) is 0 Å². The number of imidazole rings is 1. The number of likely N-dealkylation sites (tertiary alicyclic amines) is 1. The van der Waals surface area contributed by atoms with E-state index >= 15 is 0 Å². The normalized spacial score (nSPS) is 18.0. The summed E-state index contributed by atoms with van der Waals surface area (Å²) in [5.41, 5.74) is 3.34. The Bertz CT molecular complexity index is 873. The van der Waals surface area contributed by atoms with Crippen molar-refractivity contribution in [2.24, 2.45) is 0 Å². The molecule has 3 aromatic rings. The Balaban J connectivity index is 1.52. The van der Waals surface area contributed by atoms with Crippen molar-refractivity contribution in [3.8, 4) is 0 Å². The molecule has 1 aliphatic rings. The molecule has 1 fully saturated rings. The SMILES string of the molecule is CC(c1ccccc1)N1CCC(n2c(=O)[nH]c3ccccc32)CC1. The Hall–Kier alpha value is -2.33. The van der Waals surface area contributed by atoms with E-state index in [1.165, 1.54) is 5.56 Å². The van der Waals surface area contributed by atoms with E-state index in [1.54, 1.807) is 0 Å². The summed E-state index contributed by atoms with van der Waals surface area (Å²) in [6.45, 7) is 4.31. The van der Waals surface area contributed by atoms with E-state index in [2.05, 4.69) is 47.1 Å². The molecule has 2 aromatic carbocycles. The van der Waals surface area contributed by atoms with Crippen molar-refractivity contribution in [3.63, 3.8) is 0 Å². The van der Waals surface area contributed by atoms with Crippen molar-refractivity contribution in [2.75, 3.05) is 13.1 Å². The highest BCUT2D eigenvalue weighted by Gasteiger charge is 2.26. The van der Waals surface area contributed by atoms with Crippen molar-refractivity contribution in [1.29, 1.82) is 0 Å². The molecule has 4 nitrogen and oxygen atoms in total. The fraction of sp³-hybridized carbons (Fsp3) is 0.350.